The molecule has 0 aromatic heterocycles. The number of nitrogens with two attached hydrogens (primary N) is 1. The van der Waals surface area contributed by atoms with Crippen LogP contribution >= 0.6 is 11.8 Å². The van der Waals surface area contributed by atoms with E-state index in [1.165, 1.54) is 24.6 Å². The second-order valence-corrected chi connectivity index (χ2v) is 8.00. The Morgan fingerprint density at radius 2 is 2.00 bits per heavy atom. The Morgan fingerprint density at radius 3 is 2.50 bits per heavy atom. The van der Waals surface area contributed by atoms with Crippen LogP contribution in [-0.4, -0.2) is 51.2 Å². The van der Waals surface area contributed by atoms with Crippen molar-refractivity contribution in [2.75, 3.05) is 34.4 Å². The van der Waals surface area contributed by atoms with E-state index in [1.54, 1.807) is 21.1 Å². The summed E-state index contributed by atoms with van der Waals surface area (Å²) in [5, 5.41) is 3.00. The average Bonchev–Trinajstić information content (AvgIpc) is 3.09. The molecule has 1 unspecified atom stereocenters. The predicted octanol–water partition coefficient (Wildman–Crippen LogP) is 3.20. The molecule has 1 aromatic rings. The van der Waals surface area contributed by atoms with Crippen molar-refractivity contribution < 1.29 is 14.3 Å². The third kappa shape index (κ3) is 5.45. The van der Waals surface area contributed by atoms with Crippen molar-refractivity contribution in [1.29, 1.82) is 0 Å². The summed E-state index contributed by atoms with van der Waals surface area (Å²) in [6.07, 6.45) is 3.34. The van der Waals surface area contributed by atoms with Gasteiger partial charge in [-0.3, -0.25) is 4.79 Å². The predicted molar refractivity (Wildman–Crippen MR) is 116 cm³/mol. The van der Waals surface area contributed by atoms with Crippen LogP contribution in [0.5, 0.6) is 11.5 Å². The zero-order chi connectivity index (χ0) is 20.7. The number of rotatable bonds is 9. The lowest BCUT2D eigenvalue weighted by Gasteiger charge is -2.20. The number of ether oxygens (including phenoxy) is 2. The molecule has 1 aromatic carbocycles. The molecule has 0 aliphatic carbocycles. The Balaban J connectivity index is 2.06. The van der Waals surface area contributed by atoms with E-state index in [1.807, 2.05) is 18.2 Å². The third-order valence-corrected chi connectivity index (χ3v) is 6.09. The van der Waals surface area contributed by atoms with E-state index < -0.39 is 0 Å². The van der Waals surface area contributed by atoms with Gasteiger partial charge < -0.3 is 25.4 Å². The van der Waals surface area contributed by atoms with Gasteiger partial charge in [-0.1, -0.05) is 24.4 Å². The van der Waals surface area contributed by atoms with E-state index in [4.69, 9.17) is 15.2 Å². The van der Waals surface area contributed by atoms with Crippen LogP contribution in [0.1, 0.15) is 31.7 Å². The maximum atomic E-state index is 12.7. The molecule has 1 fully saturated rings. The smallest absolute Gasteiger partial charge is 0.259 e. The molecule has 1 saturated heterocycles. The number of allylic oxidation sites excluding steroid dienone is 1. The molecule has 1 aliphatic heterocycles. The highest BCUT2D eigenvalue weighted by Crippen LogP contribution is 2.42. The zero-order valence-electron chi connectivity index (χ0n) is 17.2. The average molecular weight is 406 g/mol. The molecule has 3 N–H and O–H groups in total. The van der Waals surface area contributed by atoms with Crippen LogP contribution in [0.2, 0.25) is 0 Å². The second-order valence-electron chi connectivity index (χ2n) is 6.90. The molecule has 1 aliphatic rings. The second kappa shape index (κ2) is 10.4. The summed E-state index contributed by atoms with van der Waals surface area (Å²) in [6, 6.07) is 6.05. The minimum atomic E-state index is -0.180. The van der Waals surface area contributed by atoms with Gasteiger partial charge in [0.1, 0.15) is 11.5 Å². The van der Waals surface area contributed by atoms with Crippen LogP contribution < -0.4 is 20.5 Å². The molecule has 154 valence electrons. The van der Waals surface area contributed by atoms with Crippen molar-refractivity contribution in [3.63, 3.8) is 0 Å². The van der Waals surface area contributed by atoms with Gasteiger partial charge in [0, 0.05) is 23.2 Å². The number of hydrogen-bond acceptors (Lipinski definition) is 6. The molecule has 2 rings (SSSR count). The van der Waals surface area contributed by atoms with Gasteiger partial charge in [0.05, 0.1) is 24.7 Å². The van der Waals surface area contributed by atoms with E-state index in [9.17, 15) is 4.79 Å². The molecule has 1 amide bonds. The maximum absolute atomic E-state index is 12.7. The first-order valence-corrected chi connectivity index (χ1v) is 10.2. The van der Waals surface area contributed by atoms with Crippen molar-refractivity contribution >= 4 is 22.6 Å². The van der Waals surface area contributed by atoms with Gasteiger partial charge in [0.25, 0.3) is 5.91 Å². The molecule has 0 saturated carbocycles. The van der Waals surface area contributed by atoms with Gasteiger partial charge >= 0.3 is 0 Å². The van der Waals surface area contributed by atoms with E-state index >= 15 is 0 Å². The lowest BCUT2D eigenvalue weighted by atomic mass is 10.1. The number of thioether (sulfide) groups is 1. The summed E-state index contributed by atoms with van der Waals surface area (Å²) in [6.45, 7) is 7.60. The minimum absolute atomic E-state index is 0.180. The lowest BCUT2D eigenvalue weighted by molar-refractivity contribution is -0.116. The molecule has 0 bridgehead atoms. The number of benzene rings is 1. The first-order valence-electron chi connectivity index (χ1n) is 9.42. The largest absolute Gasteiger partial charge is 0.496 e. The first kappa shape index (κ1) is 22.2. The van der Waals surface area contributed by atoms with Crippen molar-refractivity contribution in [1.82, 2.24) is 10.2 Å². The van der Waals surface area contributed by atoms with Crippen LogP contribution in [0.25, 0.3) is 4.91 Å². The van der Waals surface area contributed by atoms with E-state index in [2.05, 4.69) is 23.8 Å². The highest BCUT2D eigenvalue weighted by Gasteiger charge is 2.22. The number of carbonyl (C=O) groups excluding carboxylic acids is 1. The SMILES string of the molecule is C=C(S/C(C(=O)NCCC1CCCN1C)=C(/C)N)c1c(OC)cccc1OC. The number of carbonyl (C=O) groups is 1. The van der Waals surface area contributed by atoms with Crippen molar-refractivity contribution in [2.24, 2.45) is 5.73 Å². The van der Waals surface area contributed by atoms with Crippen LogP contribution in [0.3, 0.4) is 0 Å². The Kier molecular flexibility index (Phi) is 8.26. The molecule has 1 heterocycles. The summed E-state index contributed by atoms with van der Waals surface area (Å²) in [5.74, 6) is 1.09. The van der Waals surface area contributed by atoms with Crippen LogP contribution in [0.15, 0.2) is 35.4 Å². The van der Waals surface area contributed by atoms with E-state index in [0.717, 1.165) is 18.5 Å². The first-order chi connectivity index (χ1) is 13.4. The van der Waals surface area contributed by atoms with Gasteiger partial charge in [0.15, 0.2) is 0 Å². The fourth-order valence-electron chi connectivity index (χ4n) is 3.38. The summed E-state index contributed by atoms with van der Waals surface area (Å²) in [4.78, 5) is 16.2. The number of methoxy groups -OCH3 is 2. The number of hydrogen-bond donors (Lipinski definition) is 2. The summed E-state index contributed by atoms with van der Waals surface area (Å²) in [5.41, 5.74) is 7.18. The normalized spacial score (nSPS) is 17.8. The Morgan fingerprint density at radius 1 is 1.36 bits per heavy atom. The van der Waals surface area contributed by atoms with Crippen LogP contribution in [-0.2, 0) is 4.79 Å². The van der Waals surface area contributed by atoms with E-state index in [0.29, 0.717) is 39.6 Å². The van der Waals surface area contributed by atoms with Gasteiger partial charge in [-0.25, -0.2) is 0 Å². The highest BCUT2D eigenvalue weighted by molar-refractivity contribution is 8.12. The highest BCUT2D eigenvalue weighted by atomic mass is 32.2. The summed E-state index contributed by atoms with van der Waals surface area (Å²) >= 11 is 1.23. The Hall–Kier alpha value is -2.12. The van der Waals surface area contributed by atoms with Crippen LogP contribution in [0, 0.1) is 0 Å². The van der Waals surface area contributed by atoms with Crippen molar-refractivity contribution in [3.05, 3.63) is 40.9 Å². The maximum Gasteiger partial charge on any atom is 0.259 e. The lowest BCUT2D eigenvalue weighted by Crippen LogP contribution is -2.32. The van der Waals surface area contributed by atoms with E-state index in [-0.39, 0.29) is 5.91 Å². The molecule has 0 radical (unpaired) electrons. The number of likely N-dealkylation sites (tertiary alicyclic amines) is 1. The molecule has 7 heteroatoms. The van der Waals surface area contributed by atoms with Crippen LogP contribution in [0.4, 0.5) is 0 Å². The quantitative estimate of drug-likeness (QED) is 0.615. The molecular formula is C21H31N3O3S. The standard InChI is InChI=1S/C21H31N3O3S/c1-14(22)20(21(25)23-12-11-16-8-7-13-24(16)3)28-15(2)19-17(26-4)9-6-10-18(19)27-5/h6,9-10,16H,2,7-8,11-13,22H2,1,3-5H3,(H,23,25)/b20-14-. The van der Waals surface area contributed by atoms with Gasteiger partial charge in [-0.15, -0.1) is 0 Å². The third-order valence-electron chi connectivity index (χ3n) is 4.93. The minimum Gasteiger partial charge on any atom is -0.496 e. The molecular weight excluding hydrogens is 374 g/mol. The Labute approximate surface area is 172 Å². The fourth-order valence-corrected chi connectivity index (χ4v) is 4.26. The number of nitrogens with zero attached hydrogens (tertiary/aromatic N) is 1. The summed E-state index contributed by atoms with van der Waals surface area (Å²) < 4.78 is 10.9. The molecule has 6 nitrogen and oxygen atoms in total. The monoisotopic (exact) mass is 405 g/mol. The number of amides is 1. The van der Waals surface area contributed by atoms with Gasteiger partial charge in [-0.2, -0.15) is 0 Å². The van der Waals surface area contributed by atoms with Crippen molar-refractivity contribution in [2.45, 2.75) is 32.2 Å². The fraction of sp³-hybridized carbons (Fsp3) is 0.476. The Bertz CT molecular complexity index is 722. The molecule has 1 atom stereocenters. The van der Waals surface area contributed by atoms with Gasteiger partial charge in [-0.05, 0) is 51.9 Å². The summed E-state index contributed by atoms with van der Waals surface area (Å²) in [7, 11) is 5.32. The van der Waals surface area contributed by atoms with Gasteiger partial charge in [0.2, 0.25) is 0 Å². The molecule has 0 spiro atoms. The van der Waals surface area contributed by atoms with Crippen molar-refractivity contribution in [3.8, 4) is 11.5 Å². The topological polar surface area (TPSA) is 76.8 Å². The molecule has 28 heavy (non-hydrogen) atoms. The zero-order valence-corrected chi connectivity index (χ0v) is 18.0. The number of nitrogens with one attached hydrogen (secondary N) is 1.